The fourth-order valence-corrected chi connectivity index (χ4v) is 3.31. The smallest absolute Gasteiger partial charge is 0.342 e. The van der Waals surface area contributed by atoms with E-state index in [9.17, 15) is 18.0 Å². The number of nitrogens with one attached hydrogen (secondary N) is 2. The van der Waals surface area contributed by atoms with Gasteiger partial charge in [0.1, 0.15) is 11.6 Å². The zero-order valence-electron chi connectivity index (χ0n) is 14.2. The zero-order valence-corrected chi connectivity index (χ0v) is 14.2. The Hall–Kier alpha value is -2.35. The van der Waals surface area contributed by atoms with Crippen LogP contribution in [-0.2, 0) is 16.8 Å². The molecular weight excluding hydrogens is 345 g/mol. The van der Waals surface area contributed by atoms with Gasteiger partial charge in [-0.1, -0.05) is 30.3 Å². The minimum absolute atomic E-state index is 0.302. The number of nitrogens with zero attached hydrogens (tertiary/aromatic N) is 2. The lowest BCUT2D eigenvalue weighted by atomic mass is 9.87. The fourth-order valence-electron chi connectivity index (χ4n) is 3.31. The van der Waals surface area contributed by atoms with E-state index < -0.39 is 23.7 Å². The largest absolute Gasteiger partial charge is 0.408 e. The summed E-state index contributed by atoms with van der Waals surface area (Å²) in [5.41, 5.74) is -0.580. The molecule has 0 saturated carbocycles. The first-order chi connectivity index (χ1) is 12.4. The van der Waals surface area contributed by atoms with Gasteiger partial charge < -0.3 is 10.6 Å². The van der Waals surface area contributed by atoms with Crippen LogP contribution in [0.1, 0.15) is 18.4 Å². The van der Waals surface area contributed by atoms with Crippen molar-refractivity contribution in [2.24, 2.45) is 0 Å². The highest BCUT2D eigenvalue weighted by molar-refractivity contribution is 5.85. The van der Waals surface area contributed by atoms with E-state index in [4.69, 9.17) is 0 Å². The van der Waals surface area contributed by atoms with Crippen LogP contribution in [-0.4, -0.2) is 41.0 Å². The number of carbonyl (C=O) groups is 1. The number of aromatic nitrogens is 2. The molecule has 140 valence electrons. The maximum absolute atomic E-state index is 13.6. The average Bonchev–Trinajstić information content (AvgIpc) is 3.17. The molecule has 1 saturated heterocycles. The second-order valence-corrected chi connectivity index (χ2v) is 6.49. The fraction of sp³-hybridized carbons (Fsp3) is 0.444. The van der Waals surface area contributed by atoms with E-state index in [-0.39, 0.29) is 6.42 Å². The molecule has 2 N–H and O–H groups in total. The standard InChI is InChI=1S/C18H21F3N4O/c19-18(20,21)15(13-14-5-2-1-3-6-14)24-16(26)17(7-10-22-11-8-17)25-12-4-9-23-25/h1-6,9,12,15,22H,7-8,10-11,13H2,(H,24,26). The van der Waals surface area contributed by atoms with Gasteiger partial charge in [-0.05, 0) is 37.6 Å². The van der Waals surface area contributed by atoms with Gasteiger partial charge in [-0.2, -0.15) is 18.3 Å². The third kappa shape index (κ3) is 3.90. The monoisotopic (exact) mass is 366 g/mol. The molecule has 1 aromatic heterocycles. The molecule has 0 radical (unpaired) electrons. The summed E-state index contributed by atoms with van der Waals surface area (Å²) in [4.78, 5) is 13.0. The molecule has 3 rings (SSSR count). The minimum Gasteiger partial charge on any atom is -0.342 e. The highest BCUT2D eigenvalue weighted by Crippen LogP contribution is 2.30. The van der Waals surface area contributed by atoms with Gasteiger partial charge in [0, 0.05) is 18.8 Å². The first kappa shape index (κ1) is 18.4. The molecule has 8 heteroatoms. The third-order valence-electron chi connectivity index (χ3n) is 4.78. The predicted molar refractivity (Wildman–Crippen MR) is 90.4 cm³/mol. The Morgan fingerprint density at radius 2 is 1.92 bits per heavy atom. The van der Waals surface area contributed by atoms with Crippen LogP contribution in [0.4, 0.5) is 13.2 Å². The predicted octanol–water partition coefficient (Wildman–Crippen LogP) is 2.25. The number of carbonyl (C=O) groups excluding carboxylic acids is 1. The maximum Gasteiger partial charge on any atom is 0.408 e. The van der Waals surface area contributed by atoms with Crippen LogP contribution < -0.4 is 10.6 Å². The van der Waals surface area contributed by atoms with Gasteiger partial charge in [-0.3, -0.25) is 9.48 Å². The van der Waals surface area contributed by atoms with Crippen molar-refractivity contribution >= 4 is 5.91 Å². The molecule has 0 spiro atoms. The lowest BCUT2D eigenvalue weighted by molar-refractivity contribution is -0.165. The Kier molecular flexibility index (Phi) is 5.31. The summed E-state index contributed by atoms with van der Waals surface area (Å²) in [6, 6.07) is 8.08. The molecule has 1 atom stereocenters. The number of piperidine rings is 1. The van der Waals surface area contributed by atoms with Gasteiger partial charge in [-0.25, -0.2) is 0 Å². The number of amides is 1. The molecule has 1 amide bonds. The summed E-state index contributed by atoms with van der Waals surface area (Å²) in [6.45, 7) is 1.09. The third-order valence-corrected chi connectivity index (χ3v) is 4.78. The van der Waals surface area contributed by atoms with Crippen LogP contribution in [0.2, 0.25) is 0 Å². The van der Waals surface area contributed by atoms with Gasteiger partial charge in [0.25, 0.3) is 0 Å². The zero-order chi connectivity index (χ0) is 18.6. The first-order valence-corrected chi connectivity index (χ1v) is 8.54. The van der Waals surface area contributed by atoms with E-state index >= 15 is 0 Å². The Balaban J connectivity index is 1.83. The normalized spacial score (nSPS) is 18.3. The minimum atomic E-state index is -4.54. The van der Waals surface area contributed by atoms with Crippen molar-refractivity contribution in [3.05, 3.63) is 54.4 Å². The first-order valence-electron chi connectivity index (χ1n) is 8.54. The lowest BCUT2D eigenvalue weighted by Crippen LogP contribution is -2.59. The maximum atomic E-state index is 13.6. The highest BCUT2D eigenvalue weighted by atomic mass is 19.4. The van der Waals surface area contributed by atoms with Crippen molar-refractivity contribution in [2.75, 3.05) is 13.1 Å². The molecule has 0 aliphatic carbocycles. The van der Waals surface area contributed by atoms with Crippen LogP contribution in [0.25, 0.3) is 0 Å². The van der Waals surface area contributed by atoms with Crippen LogP contribution in [0.15, 0.2) is 48.8 Å². The van der Waals surface area contributed by atoms with Crippen molar-refractivity contribution in [1.82, 2.24) is 20.4 Å². The van der Waals surface area contributed by atoms with E-state index in [2.05, 4.69) is 15.7 Å². The molecule has 2 aromatic rings. The molecule has 0 bridgehead atoms. The van der Waals surface area contributed by atoms with Gasteiger partial charge in [0.05, 0.1) is 0 Å². The molecule has 1 aliphatic rings. The van der Waals surface area contributed by atoms with Gasteiger partial charge in [0.15, 0.2) is 0 Å². The number of hydrogen-bond donors (Lipinski definition) is 2. The molecule has 1 aromatic carbocycles. The SMILES string of the molecule is O=C(NC(Cc1ccccc1)C(F)(F)F)C1(n2cccn2)CCNCC1. The van der Waals surface area contributed by atoms with Crippen molar-refractivity contribution in [3.8, 4) is 0 Å². The summed E-state index contributed by atoms with van der Waals surface area (Å²) in [6.07, 6.45) is -0.910. The van der Waals surface area contributed by atoms with E-state index in [1.807, 2.05) is 0 Å². The summed E-state index contributed by atoms with van der Waals surface area (Å²) in [5.74, 6) is -0.638. The Labute approximate surface area is 149 Å². The van der Waals surface area contributed by atoms with Gasteiger partial charge >= 0.3 is 6.18 Å². The van der Waals surface area contributed by atoms with Crippen LogP contribution in [0.3, 0.4) is 0 Å². The Morgan fingerprint density at radius 1 is 1.23 bits per heavy atom. The van der Waals surface area contributed by atoms with Crippen molar-refractivity contribution in [2.45, 2.75) is 37.0 Å². The number of alkyl halides is 3. The summed E-state index contributed by atoms with van der Waals surface area (Å²) >= 11 is 0. The average molecular weight is 366 g/mol. The molecule has 2 heterocycles. The molecular formula is C18H21F3N4O. The lowest BCUT2D eigenvalue weighted by Gasteiger charge is -2.37. The Morgan fingerprint density at radius 3 is 2.50 bits per heavy atom. The Bertz CT molecular complexity index is 710. The number of hydrogen-bond acceptors (Lipinski definition) is 3. The number of rotatable bonds is 5. The van der Waals surface area contributed by atoms with Crippen molar-refractivity contribution < 1.29 is 18.0 Å². The van der Waals surface area contributed by atoms with E-state index in [0.29, 0.717) is 31.5 Å². The van der Waals surface area contributed by atoms with E-state index in [0.717, 1.165) is 0 Å². The molecule has 1 fully saturated rings. The highest BCUT2D eigenvalue weighted by Gasteiger charge is 2.47. The summed E-state index contributed by atoms with van der Waals surface area (Å²) < 4.78 is 42.1. The number of halogens is 3. The van der Waals surface area contributed by atoms with Gasteiger partial charge in [-0.15, -0.1) is 0 Å². The molecule has 26 heavy (non-hydrogen) atoms. The van der Waals surface area contributed by atoms with E-state index in [1.165, 1.54) is 10.9 Å². The number of benzene rings is 1. The molecule has 1 unspecified atom stereocenters. The molecule has 1 aliphatic heterocycles. The van der Waals surface area contributed by atoms with Crippen LogP contribution in [0, 0.1) is 0 Å². The van der Waals surface area contributed by atoms with Crippen LogP contribution in [0.5, 0.6) is 0 Å². The molecule has 5 nitrogen and oxygen atoms in total. The second-order valence-electron chi connectivity index (χ2n) is 6.49. The topological polar surface area (TPSA) is 59.0 Å². The van der Waals surface area contributed by atoms with E-state index in [1.54, 1.807) is 42.6 Å². The summed E-state index contributed by atoms with van der Waals surface area (Å²) in [5, 5.41) is 9.52. The van der Waals surface area contributed by atoms with Crippen LogP contribution >= 0.6 is 0 Å². The van der Waals surface area contributed by atoms with Gasteiger partial charge in [0.2, 0.25) is 5.91 Å². The second kappa shape index (κ2) is 7.49. The van der Waals surface area contributed by atoms with Crippen molar-refractivity contribution in [1.29, 1.82) is 0 Å². The van der Waals surface area contributed by atoms with Crippen molar-refractivity contribution in [3.63, 3.8) is 0 Å². The summed E-state index contributed by atoms with van der Waals surface area (Å²) in [7, 11) is 0. The quantitative estimate of drug-likeness (QED) is 0.853.